The van der Waals surface area contributed by atoms with E-state index in [1.54, 1.807) is 6.92 Å². The fraction of sp³-hybridized carbons (Fsp3) is 0.0333. The van der Waals surface area contributed by atoms with Crippen molar-refractivity contribution < 1.29 is 4.79 Å². The molecule has 0 spiro atoms. The minimum Gasteiger partial charge on any atom is -0.294 e. The largest absolute Gasteiger partial charge is 0.294 e. The number of benzene rings is 5. The highest BCUT2D eigenvalue weighted by Gasteiger charge is 2.30. The van der Waals surface area contributed by atoms with E-state index in [0.29, 0.717) is 0 Å². The molecular formula is C30H20O. The summed E-state index contributed by atoms with van der Waals surface area (Å²) in [7, 11) is 0. The molecule has 1 aliphatic carbocycles. The first-order valence-corrected chi connectivity index (χ1v) is 10.6. The number of Topliss-reactive ketones (excluding diaryl/α,β-unsaturated/α-hetero) is 1. The monoisotopic (exact) mass is 396 g/mol. The fourth-order valence-corrected chi connectivity index (χ4v) is 5.02. The smallest absolute Gasteiger partial charge is 0.160 e. The van der Waals surface area contributed by atoms with E-state index in [2.05, 4.69) is 78.9 Å². The SMILES string of the molecule is CC(=O)c1cc(-c2ccccc2)c2c(c1-c1ccccc1)-c1cccc3cccc-2c13. The summed E-state index contributed by atoms with van der Waals surface area (Å²) in [5.41, 5.74) is 9.98. The topological polar surface area (TPSA) is 17.1 Å². The number of carbonyl (C=O) groups excluding carboxylic acids is 1. The lowest BCUT2D eigenvalue weighted by Gasteiger charge is -2.19. The minimum absolute atomic E-state index is 0.0852. The number of hydrogen-bond acceptors (Lipinski definition) is 1. The molecule has 1 heteroatoms. The molecule has 5 aromatic carbocycles. The van der Waals surface area contributed by atoms with Crippen LogP contribution in [0.5, 0.6) is 0 Å². The molecule has 31 heavy (non-hydrogen) atoms. The average Bonchev–Trinajstić information content (AvgIpc) is 3.16. The molecule has 0 saturated heterocycles. The molecule has 0 radical (unpaired) electrons. The van der Waals surface area contributed by atoms with Gasteiger partial charge in [-0.2, -0.15) is 0 Å². The van der Waals surface area contributed by atoms with Gasteiger partial charge in [-0.15, -0.1) is 0 Å². The van der Waals surface area contributed by atoms with Gasteiger partial charge >= 0.3 is 0 Å². The Hall–Kier alpha value is -3.97. The summed E-state index contributed by atoms with van der Waals surface area (Å²) in [4.78, 5) is 12.9. The van der Waals surface area contributed by atoms with Gasteiger partial charge < -0.3 is 0 Å². The maximum Gasteiger partial charge on any atom is 0.160 e. The van der Waals surface area contributed by atoms with E-state index in [1.165, 1.54) is 33.0 Å². The first kappa shape index (κ1) is 17.9. The highest BCUT2D eigenvalue weighted by atomic mass is 16.1. The second-order valence-corrected chi connectivity index (χ2v) is 8.09. The van der Waals surface area contributed by atoms with Crippen molar-refractivity contribution in [1.82, 2.24) is 0 Å². The zero-order chi connectivity index (χ0) is 20.9. The van der Waals surface area contributed by atoms with Crippen LogP contribution in [-0.2, 0) is 0 Å². The van der Waals surface area contributed by atoms with Crippen LogP contribution in [0.15, 0.2) is 103 Å². The van der Waals surface area contributed by atoms with Gasteiger partial charge in [0, 0.05) is 11.1 Å². The molecule has 0 saturated carbocycles. The second-order valence-electron chi connectivity index (χ2n) is 8.09. The Balaban J connectivity index is 1.85. The number of carbonyl (C=O) groups is 1. The van der Waals surface area contributed by atoms with Gasteiger partial charge in [0.25, 0.3) is 0 Å². The van der Waals surface area contributed by atoms with Crippen molar-refractivity contribution in [2.45, 2.75) is 6.92 Å². The number of hydrogen-bond donors (Lipinski definition) is 0. The zero-order valence-electron chi connectivity index (χ0n) is 17.2. The third-order valence-electron chi connectivity index (χ3n) is 6.30. The van der Waals surface area contributed by atoms with E-state index in [9.17, 15) is 4.79 Å². The summed E-state index contributed by atoms with van der Waals surface area (Å²) in [6.07, 6.45) is 0. The van der Waals surface area contributed by atoms with Crippen LogP contribution in [0.25, 0.3) is 55.3 Å². The summed E-state index contributed by atoms with van der Waals surface area (Å²) in [5.74, 6) is 0.0852. The Morgan fingerprint density at radius 1 is 0.548 bits per heavy atom. The average molecular weight is 396 g/mol. The van der Waals surface area contributed by atoms with Crippen molar-refractivity contribution in [1.29, 1.82) is 0 Å². The van der Waals surface area contributed by atoms with Crippen LogP contribution in [0.4, 0.5) is 0 Å². The standard InChI is InChI=1S/C30H20O/c1-19(31)25-18-26(20-10-4-2-5-11-20)29-23-16-8-14-21-15-9-17-24(27(21)23)30(29)28(25)22-12-6-3-7-13-22/h2-18H,1H3. The molecule has 0 aliphatic heterocycles. The molecule has 146 valence electrons. The van der Waals surface area contributed by atoms with E-state index in [1.807, 2.05) is 24.3 Å². The Bertz CT molecular complexity index is 1470. The van der Waals surface area contributed by atoms with Gasteiger partial charge in [-0.25, -0.2) is 0 Å². The molecule has 0 bridgehead atoms. The molecule has 1 aliphatic rings. The van der Waals surface area contributed by atoms with Crippen molar-refractivity contribution >= 4 is 16.6 Å². The Morgan fingerprint density at radius 2 is 1.13 bits per heavy atom. The predicted molar refractivity (Wildman–Crippen MR) is 129 cm³/mol. The molecule has 0 amide bonds. The lowest BCUT2D eigenvalue weighted by molar-refractivity contribution is 0.101. The highest BCUT2D eigenvalue weighted by Crippen LogP contribution is 2.55. The molecule has 0 aromatic heterocycles. The van der Waals surface area contributed by atoms with Crippen LogP contribution in [-0.4, -0.2) is 5.78 Å². The maximum atomic E-state index is 12.9. The lowest BCUT2D eigenvalue weighted by atomic mass is 9.83. The molecule has 1 nitrogen and oxygen atoms in total. The van der Waals surface area contributed by atoms with Gasteiger partial charge in [-0.05, 0) is 62.7 Å². The molecule has 0 fully saturated rings. The molecule has 0 unspecified atom stereocenters. The third kappa shape index (κ3) is 2.60. The Kier molecular flexibility index (Phi) is 3.91. The van der Waals surface area contributed by atoms with Crippen LogP contribution in [0.3, 0.4) is 0 Å². The van der Waals surface area contributed by atoms with Gasteiger partial charge in [0.05, 0.1) is 0 Å². The van der Waals surface area contributed by atoms with Crippen molar-refractivity contribution in [2.75, 3.05) is 0 Å². The van der Waals surface area contributed by atoms with Crippen LogP contribution in [0.1, 0.15) is 17.3 Å². The molecule has 6 rings (SSSR count). The van der Waals surface area contributed by atoms with Crippen LogP contribution in [0.2, 0.25) is 0 Å². The Labute approximate surface area is 181 Å². The normalized spacial score (nSPS) is 11.5. The summed E-state index contributed by atoms with van der Waals surface area (Å²) in [5, 5.41) is 2.50. The van der Waals surface area contributed by atoms with Crippen molar-refractivity contribution in [3.05, 3.63) is 109 Å². The summed E-state index contributed by atoms with van der Waals surface area (Å²) >= 11 is 0. The van der Waals surface area contributed by atoms with Crippen LogP contribution >= 0.6 is 0 Å². The summed E-state index contributed by atoms with van der Waals surface area (Å²) in [6.45, 7) is 1.67. The first-order chi connectivity index (χ1) is 15.2. The molecule has 0 N–H and O–H groups in total. The fourth-order valence-electron chi connectivity index (χ4n) is 5.02. The lowest BCUT2D eigenvalue weighted by Crippen LogP contribution is -2.01. The van der Waals surface area contributed by atoms with Crippen molar-refractivity contribution in [2.24, 2.45) is 0 Å². The van der Waals surface area contributed by atoms with Gasteiger partial charge in [-0.3, -0.25) is 4.79 Å². The van der Waals surface area contributed by atoms with Gasteiger partial charge in [0.1, 0.15) is 0 Å². The minimum atomic E-state index is 0.0852. The summed E-state index contributed by atoms with van der Waals surface area (Å²) < 4.78 is 0. The van der Waals surface area contributed by atoms with Crippen molar-refractivity contribution in [3.63, 3.8) is 0 Å². The molecular weight excluding hydrogens is 376 g/mol. The van der Waals surface area contributed by atoms with Crippen LogP contribution < -0.4 is 0 Å². The van der Waals surface area contributed by atoms with E-state index < -0.39 is 0 Å². The van der Waals surface area contributed by atoms with Crippen molar-refractivity contribution in [3.8, 4) is 44.5 Å². The second kappa shape index (κ2) is 6.78. The van der Waals surface area contributed by atoms with Gasteiger partial charge in [-0.1, -0.05) is 97.1 Å². The van der Waals surface area contributed by atoms with Gasteiger partial charge in [0.15, 0.2) is 5.78 Å². The Morgan fingerprint density at radius 3 is 1.74 bits per heavy atom. The van der Waals surface area contributed by atoms with E-state index in [4.69, 9.17) is 0 Å². The molecule has 0 heterocycles. The van der Waals surface area contributed by atoms with Crippen LogP contribution in [0, 0.1) is 0 Å². The van der Waals surface area contributed by atoms with E-state index in [0.717, 1.165) is 27.8 Å². The van der Waals surface area contributed by atoms with E-state index in [-0.39, 0.29) is 5.78 Å². The predicted octanol–water partition coefficient (Wildman–Crippen LogP) is 8.02. The quantitative estimate of drug-likeness (QED) is 0.277. The summed E-state index contributed by atoms with van der Waals surface area (Å²) in [6, 6.07) is 35.8. The zero-order valence-corrected chi connectivity index (χ0v) is 17.2. The number of fused-ring (bicyclic) bond motifs is 3. The van der Waals surface area contributed by atoms with E-state index >= 15 is 0 Å². The first-order valence-electron chi connectivity index (χ1n) is 10.6. The highest BCUT2D eigenvalue weighted by molar-refractivity contribution is 6.23. The van der Waals surface area contributed by atoms with Gasteiger partial charge in [0.2, 0.25) is 0 Å². The molecule has 0 atom stereocenters. The number of rotatable bonds is 3. The maximum absolute atomic E-state index is 12.9. The molecule has 5 aromatic rings. The number of ketones is 1. The third-order valence-corrected chi connectivity index (χ3v) is 6.30.